The number of carboxylic acids is 1. The number of ether oxygens (including phenoxy) is 1. The topological polar surface area (TPSA) is 87.4 Å². The molecule has 0 bridgehead atoms. The maximum Gasteiger partial charge on any atom is 0.348 e. The lowest BCUT2D eigenvalue weighted by Crippen LogP contribution is -2.02. The Morgan fingerprint density at radius 2 is 2.18 bits per heavy atom. The first-order chi connectivity index (χ1) is 8.08. The molecule has 0 spiro atoms. The fourth-order valence-corrected chi connectivity index (χ4v) is 1.17. The highest BCUT2D eigenvalue weighted by Gasteiger charge is 2.09. The third-order valence-corrected chi connectivity index (χ3v) is 1.97. The van der Waals surface area contributed by atoms with Crippen LogP contribution in [0, 0.1) is 11.3 Å². The maximum atomic E-state index is 11.1. The molecule has 0 aliphatic rings. The number of carbonyl (C=O) groups excluding carboxylic acids is 1. The molecule has 1 aromatic rings. The molecule has 0 saturated carbocycles. The van der Waals surface area contributed by atoms with Gasteiger partial charge in [0.15, 0.2) is 0 Å². The number of esters is 1. The van der Waals surface area contributed by atoms with Crippen molar-refractivity contribution in [1.82, 2.24) is 0 Å². The molecule has 0 aliphatic heterocycles. The number of hydrogen-bond donors (Lipinski definition) is 1. The summed E-state index contributed by atoms with van der Waals surface area (Å²) in [6, 6.07) is 7.59. The van der Waals surface area contributed by atoms with Crippen molar-refractivity contribution >= 4 is 18.0 Å². The van der Waals surface area contributed by atoms with Gasteiger partial charge in [0.2, 0.25) is 0 Å². The van der Waals surface area contributed by atoms with Crippen molar-refractivity contribution in [3.8, 4) is 6.07 Å². The number of carboxylic acid groups (broad SMARTS) is 1. The van der Waals surface area contributed by atoms with Crippen LogP contribution < -0.4 is 0 Å². The number of aromatic carboxylic acids is 1. The Labute approximate surface area is 97.6 Å². The average Bonchev–Trinajstić information content (AvgIpc) is 2.35. The minimum atomic E-state index is -1.07. The van der Waals surface area contributed by atoms with Crippen molar-refractivity contribution in [2.45, 2.75) is 0 Å². The van der Waals surface area contributed by atoms with E-state index in [1.807, 2.05) is 0 Å². The van der Waals surface area contributed by atoms with Crippen molar-refractivity contribution in [2.24, 2.45) is 0 Å². The molecule has 0 amide bonds. The van der Waals surface area contributed by atoms with Crippen LogP contribution in [0.25, 0.3) is 6.08 Å². The highest BCUT2D eigenvalue weighted by atomic mass is 16.5. The van der Waals surface area contributed by atoms with E-state index >= 15 is 0 Å². The summed E-state index contributed by atoms with van der Waals surface area (Å²) in [5, 5.41) is 17.5. The van der Waals surface area contributed by atoms with E-state index in [0.29, 0.717) is 5.56 Å². The fourth-order valence-electron chi connectivity index (χ4n) is 1.17. The Hall–Kier alpha value is -2.61. The van der Waals surface area contributed by atoms with Gasteiger partial charge in [0.25, 0.3) is 0 Å². The lowest BCUT2D eigenvalue weighted by molar-refractivity contribution is -0.135. The number of carbonyl (C=O) groups is 2. The van der Waals surface area contributed by atoms with E-state index in [9.17, 15) is 9.59 Å². The first-order valence-corrected chi connectivity index (χ1v) is 4.62. The summed E-state index contributed by atoms with van der Waals surface area (Å²) < 4.78 is 4.41. The molecule has 17 heavy (non-hydrogen) atoms. The minimum Gasteiger partial charge on any atom is -0.478 e. The zero-order valence-electron chi connectivity index (χ0n) is 9.01. The summed E-state index contributed by atoms with van der Waals surface area (Å²) in [7, 11) is 1.17. The van der Waals surface area contributed by atoms with Gasteiger partial charge in [0, 0.05) is 0 Å². The second-order valence-corrected chi connectivity index (χ2v) is 3.09. The first-order valence-electron chi connectivity index (χ1n) is 4.62. The highest BCUT2D eigenvalue weighted by Crippen LogP contribution is 2.10. The summed E-state index contributed by atoms with van der Waals surface area (Å²) in [6.07, 6.45) is 1.28. The van der Waals surface area contributed by atoms with Gasteiger partial charge in [-0.3, -0.25) is 0 Å². The van der Waals surface area contributed by atoms with Crippen LogP contribution in [0.5, 0.6) is 0 Å². The summed E-state index contributed by atoms with van der Waals surface area (Å²) in [5.41, 5.74) is 0.350. The molecule has 0 radical (unpaired) electrons. The number of rotatable bonds is 3. The van der Waals surface area contributed by atoms with Gasteiger partial charge >= 0.3 is 11.9 Å². The van der Waals surface area contributed by atoms with E-state index in [0.717, 1.165) is 0 Å². The monoisotopic (exact) mass is 231 g/mol. The van der Waals surface area contributed by atoms with Gasteiger partial charge in [-0.05, 0) is 23.8 Å². The van der Waals surface area contributed by atoms with E-state index in [2.05, 4.69) is 4.74 Å². The van der Waals surface area contributed by atoms with Gasteiger partial charge in [-0.25, -0.2) is 9.59 Å². The molecule has 1 N–H and O–H groups in total. The van der Waals surface area contributed by atoms with Crippen LogP contribution in [0.2, 0.25) is 0 Å². The molecule has 0 aromatic heterocycles. The third-order valence-electron chi connectivity index (χ3n) is 1.97. The predicted octanol–water partition coefficient (Wildman–Crippen LogP) is 1.46. The SMILES string of the molecule is COC(=O)C(C#N)=Cc1cccc(C(=O)O)c1. The third kappa shape index (κ3) is 3.18. The van der Waals surface area contributed by atoms with Crippen LogP contribution in [0.1, 0.15) is 15.9 Å². The fraction of sp³-hybridized carbons (Fsp3) is 0.0833. The number of nitriles is 1. The Bertz CT molecular complexity index is 526. The Kier molecular flexibility index (Phi) is 4.01. The zero-order chi connectivity index (χ0) is 12.8. The van der Waals surface area contributed by atoms with Gasteiger partial charge < -0.3 is 9.84 Å². The van der Waals surface area contributed by atoms with Gasteiger partial charge in [-0.15, -0.1) is 0 Å². The van der Waals surface area contributed by atoms with E-state index in [4.69, 9.17) is 10.4 Å². The van der Waals surface area contributed by atoms with Crippen LogP contribution in [-0.2, 0) is 9.53 Å². The van der Waals surface area contributed by atoms with Crippen molar-refractivity contribution in [3.63, 3.8) is 0 Å². The predicted molar refractivity (Wildman–Crippen MR) is 59.0 cm³/mol. The quantitative estimate of drug-likeness (QED) is 0.483. The van der Waals surface area contributed by atoms with Gasteiger partial charge in [-0.1, -0.05) is 12.1 Å². The number of nitrogens with zero attached hydrogens (tertiary/aromatic N) is 1. The second-order valence-electron chi connectivity index (χ2n) is 3.09. The molecule has 0 atom stereocenters. The van der Waals surface area contributed by atoms with E-state index in [-0.39, 0.29) is 11.1 Å². The van der Waals surface area contributed by atoms with Crippen LogP contribution in [0.3, 0.4) is 0 Å². The van der Waals surface area contributed by atoms with Crippen LogP contribution in [-0.4, -0.2) is 24.2 Å². The molecule has 0 aliphatic carbocycles. The van der Waals surface area contributed by atoms with E-state index < -0.39 is 11.9 Å². The largest absolute Gasteiger partial charge is 0.478 e. The standard InChI is InChI=1S/C12H9NO4/c1-17-12(16)10(7-13)6-8-3-2-4-9(5-8)11(14)15/h2-6H,1H3,(H,14,15). The molecule has 0 saturated heterocycles. The van der Waals surface area contributed by atoms with Crippen molar-refractivity contribution in [3.05, 3.63) is 41.0 Å². The average molecular weight is 231 g/mol. The maximum absolute atomic E-state index is 11.1. The molecular weight excluding hydrogens is 222 g/mol. The van der Waals surface area contributed by atoms with Crippen molar-refractivity contribution < 1.29 is 19.4 Å². The second kappa shape index (κ2) is 5.47. The molecule has 0 fully saturated rings. The lowest BCUT2D eigenvalue weighted by Gasteiger charge is -1.99. The highest BCUT2D eigenvalue weighted by molar-refractivity contribution is 5.98. The minimum absolute atomic E-state index is 0.0842. The Balaban J connectivity index is 3.13. The number of hydrogen-bond acceptors (Lipinski definition) is 4. The lowest BCUT2D eigenvalue weighted by atomic mass is 10.1. The first kappa shape index (κ1) is 12.5. The summed E-state index contributed by atoms with van der Waals surface area (Å²) in [6.45, 7) is 0. The molecule has 1 aromatic carbocycles. The van der Waals surface area contributed by atoms with Gasteiger partial charge in [0.05, 0.1) is 12.7 Å². The summed E-state index contributed by atoms with van der Waals surface area (Å²) >= 11 is 0. The smallest absolute Gasteiger partial charge is 0.348 e. The molecular formula is C12H9NO4. The molecule has 5 heteroatoms. The molecule has 5 nitrogen and oxygen atoms in total. The Morgan fingerprint density at radius 1 is 1.47 bits per heavy atom. The number of benzene rings is 1. The van der Waals surface area contributed by atoms with E-state index in [1.165, 1.54) is 31.4 Å². The summed E-state index contributed by atoms with van der Waals surface area (Å²) in [5.74, 6) is -1.83. The van der Waals surface area contributed by atoms with Crippen LogP contribution >= 0.6 is 0 Å². The number of methoxy groups -OCH3 is 1. The van der Waals surface area contributed by atoms with Gasteiger partial charge in [-0.2, -0.15) is 5.26 Å². The van der Waals surface area contributed by atoms with Crippen molar-refractivity contribution in [2.75, 3.05) is 7.11 Å². The van der Waals surface area contributed by atoms with Crippen LogP contribution in [0.15, 0.2) is 29.8 Å². The normalized spacial score (nSPS) is 10.5. The van der Waals surface area contributed by atoms with Crippen LogP contribution in [0.4, 0.5) is 0 Å². The zero-order valence-corrected chi connectivity index (χ0v) is 9.01. The molecule has 1 rings (SSSR count). The molecule has 0 heterocycles. The summed E-state index contributed by atoms with van der Waals surface area (Å²) in [4.78, 5) is 21.9. The van der Waals surface area contributed by atoms with E-state index in [1.54, 1.807) is 12.1 Å². The molecule has 86 valence electrons. The molecule has 0 unspecified atom stereocenters. The Morgan fingerprint density at radius 3 is 2.71 bits per heavy atom. The van der Waals surface area contributed by atoms with Crippen molar-refractivity contribution in [1.29, 1.82) is 5.26 Å². The van der Waals surface area contributed by atoms with Gasteiger partial charge in [0.1, 0.15) is 11.6 Å².